The predicted octanol–water partition coefficient (Wildman–Crippen LogP) is 3.14. The number of nitrogens with two attached hydrogens (primary N) is 1. The van der Waals surface area contributed by atoms with Gasteiger partial charge >= 0.3 is 0 Å². The van der Waals surface area contributed by atoms with E-state index in [1.165, 1.54) is 44.9 Å². The van der Waals surface area contributed by atoms with Crippen molar-refractivity contribution in [1.82, 2.24) is 9.71 Å². The van der Waals surface area contributed by atoms with E-state index in [1.807, 2.05) is 6.92 Å². The molecule has 0 amide bonds. The Balaban J connectivity index is 2.36. The van der Waals surface area contributed by atoms with Crippen molar-refractivity contribution < 1.29 is 9.94 Å². The van der Waals surface area contributed by atoms with E-state index in [1.54, 1.807) is 6.07 Å². The number of ether oxygens (including phenoxy) is 1. The molecule has 0 saturated carbocycles. The molecule has 1 heterocycles. The predicted molar refractivity (Wildman–Crippen MR) is 88.0 cm³/mol. The highest BCUT2D eigenvalue weighted by atomic mass is 16.5. The van der Waals surface area contributed by atoms with Gasteiger partial charge in [0, 0.05) is 12.6 Å². The van der Waals surface area contributed by atoms with E-state index in [-0.39, 0.29) is 5.95 Å². The maximum absolute atomic E-state index is 9.79. The molecule has 0 bridgehead atoms. The summed E-state index contributed by atoms with van der Waals surface area (Å²) in [7, 11) is 0. The van der Waals surface area contributed by atoms with Crippen LogP contribution in [0, 0.1) is 0 Å². The Labute approximate surface area is 133 Å². The van der Waals surface area contributed by atoms with Crippen LogP contribution in [0.15, 0.2) is 11.1 Å². The lowest BCUT2D eigenvalue weighted by Crippen LogP contribution is -2.23. The third kappa shape index (κ3) is 6.83. The van der Waals surface area contributed by atoms with Crippen LogP contribution in [-0.2, 0) is 0 Å². The van der Waals surface area contributed by atoms with Gasteiger partial charge in [0.15, 0.2) is 5.49 Å². The van der Waals surface area contributed by atoms with Gasteiger partial charge in [0.05, 0.1) is 6.61 Å². The van der Waals surface area contributed by atoms with Gasteiger partial charge < -0.3 is 15.7 Å². The molecule has 0 unspecified atom stereocenters. The van der Waals surface area contributed by atoms with Gasteiger partial charge in [0.2, 0.25) is 11.8 Å². The molecule has 6 nitrogen and oxygen atoms in total. The summed E-state index contributed by atoms with van der Waals surface area (Å²) in [6.45, 7) is 5.27. The lowest BCUT2D eigenvalue weighted by atomic mass is 10.1. The fraction of sp³-hybridized carbons (Fsp3) is 0.750. The first-order valence-electron chi connectivity index (χ1n) is 8.41. The Bertz CT molecular complexity index is 486. The standard InChI is InChI=1S/C16H30N4O2/c1-3-5-6-7-8-9-10-11-12-18-14-13-15(22-4-2)19-16(17)20(14)21/h13,21H,3-12H2,1-2H3,(H2,17,19). The van der Waals surface area contributed by atoms with Crippen molar-refractivity contribution in [1.29, 1.82) is 0 Å². The molecular formula is C16H30N4O2. The third-order valence-corrected chi connectivity index (χ3v) is 3.49. The maximum atomic E-state index is 9.79. The van der Waals surface area contributed by atoms with Gasteiger partial charge in [-0.1, -0.05) is 51.9 Å². The van der Waals surface area contributed by atoms with E-state index in [0.29, 0.717) is 24.5 Å². The minimum Gasteiger partial charge on any atom is -0.478 e. The fourth-order valence-corrected chi connectivity index (χ4v) is 2.26. The molecule has 0 aliphatic heterocycles. The molecule has 0 aromatic carbocycles. The Hall–Kier alpha value is -1.72. The first-order chi connectivity index (χ1) is 10.7. The van der Waals surface area contributed by atoms with E-state index >= 15 is 0 Å². The van der Waals surface area contributed by atoms with Crippen molar-refractivity contribution in [2.45, 2.75) is 65.2 Å². The van der Waals surface area contributed by atoms with Crippen molar-refractivity contribution in [3.05, 3.63) is 11.6 Å². The summed E-state index contributed by atoms with van der Waals surface area (Å²) in [5.41, 5.74) is 6.01. The van der Waals surface area contributed by atoms with Crippen molar-refractivity contribution in [2.24, 2.45) is 4.99 Å². The zero-order valence-corrected chi connectivity index (χ0v) is 13.9. The van der Waals surface area contributed by atoms with E-state index in [4.69, 9.17) is 10.5 Å². The van der Waals surface area contributed by atoms with Crippen LogP contribution in [0.4, 0.5) is 5.95 Å². The van der Waals surface area contributed by atoms with E-state index in [0.717, 1.165) is 11.2 Å². The minimum absolute atomic E-state index is 0.0133. The first-order valence-corrected chi connectivity index (χ1v) is 8.41. The van der Waals surface area contributed by atoms with Crippen LogP contribution in [0.1, 0.15) is 65.2 Å². The molecule has 0 fully saturated rings. The smallest absolute Gasteiger partial charge is 0.239 e. The van der Waals surface area contributed by atoms with E-state index in [9.17, 15) is 5.21 Å². The number of nitrogens with zero attached hydrogens (tertiary/aromatic N) is 3. The van der Waals surface area contributed by atoms with E-state index in [2.05, 4.69) is 16.9 Å². The summed E-state index contributed by atoms with van der Waals surface area (Å²) in [4.78, 5) is 8.29. The number of aromatic nitrogens is 2. The highest BCUT2D eigenvalue weighted by Gasteiger charge is 2.03. The molecule has 0 saturated heterocycles. The topological polar surface area (TPSA) is 85.7 Å². The van der Waals surface area contributed by atoms with Crippen LogP contribution < -0.4 is 16.0 Å². The largest absolute Gasteiger partial charge is 0.478 e. The first kappa shape index (κ1) is 18.3. The molecular weight excluding hydrogens is 280 g/mol. The van der Waals surface area contributed by atoms with Crippen molar-refractivity contribution in [2.75, 3.05) is 18.9 Å². The third-order valence-electron chi connectivity index (χ3n) is 3.49. The van der Waals surface area contributed by atoms with Gasteiger partial charge in [0.25, 0.3) is 0 Å². The highest BCUT2D eigenvalue weighted by Crippen LogP contribution is 2.08. The lowest BCUT2D eigenvalue weighted by molar-refractivity contribution is 0.172. The quantitative estimate of drug-likeness (QED) is 0.485. The van der Waals surface area contributed by atoms with Gasteiger partial charge in [-0.05, 0) is 13.3 Å². The van der Waals surface area contributed by atoms with Gasteiger partial charge in [-0.2, -0.15) is 4.98 Å². The second-order valence-corrected chi connectivity index (χ2v) is 5.41. The summed E-state index contributed by atoms with van der Waals surface area (Å²) < 4.78 is 6.10. The normalized spacial score (nSPS) is 11.8. The van der Waals surface area contributed by atoms with Crippen molar-refractivity contribution >= 4 is 5.95 Å². The average molecular weight is 310 g/mol. The Morgan fingerprint density at radius 1 is 1.14 bits per heavy atom. The van der Waals surface area contributed by atoms with Crippen LogP contribution >= 0.6 is 0 Å². The number of unbranched alkanes of at least 4 members (excludes halogenated alkanes) is 7. The molecule has 126 valence electrons. The Kier molecular flexibility index (Phi) is 9.11. The Morgan fingerprint density at radius 3 is 2.41 bits per heavy atom. The zero-order chi connectivity index (χ0) is 16.2. The Morgan fingerprint density at radius 2 is 1.77 bits per heavy atom. The molecule has 1 aromatic rings. The molecule has 22 heavy (non-hydrogen) atoms. The van der Waals surface area contributed by atoms with Crippen molar-refractivity contribution in [3.8, 4) is 5.88 Å². The zero-order valence-electron chi connectivity index (χ0n) is 13.9. The summed E-state index contributed by atoms with van der Waals surface area (Å²) >= 11 is 0. The van der Waals surface area contributed by atoms with Crippen LogP contribution in [0.5, 0.6) is 5.88 Å². The fourth-order valence-electron chi connectivity index (χ4n) is 2.26. The molecule has 0 aliphatic carbocycles. The maximum Gasteiger partial charge on any atom is 0.239 e. The van der Waals surface area contributed by atoms with Crippen LogP contribution in [0.3, 0.4) is 0 Å². The van der Waals surface area contributed by atoms with Crippen LogP contribution in [0.25, 0.3) is 0 Å². The van der Waals surface area contributed by atoms with Crippen LogP contribution in [0.2, 0.25) is 0 Å². The summed E-state index contributed by atoms with van der Waals surface area (Å²) in [5, 5.41) is 9.79. The number of hydrogen-bond acceptors (Lipinski definition) is 5. The molecule has 0 spiro atoms. The lowest BCUT2D eigenvalue weighted by Gasteiger charge is -2.06. The second-order valence-electron chi connectivity index (χ2n) is 5.41. The van der Waals surface area contributed by atoms with Gasteiger partial charge in [-0.15, -0.1) is 4.73 Å². The molecule has 1 rings (SSSR count). The van der Waals surface area contributed by atoms with Gasteiger partial charge in [-0.25, -0.2) is 0 Å². The van der Waals surface area contributed by atoms with E-state index < -0.39 is 0 Å². The second kappa shape index (κ2) is 10.9. The summed E-state index contributed by atoms with van der Waals surface area (Å²) in [6.07, 6.45) is 10.1. The molecule has 0 aliphatic rings. The molecule has 0 radical (unpaired) electrons. The van der Waals surface area contributed by atoms with Gasteiger partial charge in [-0.3, -0.25) is 4.99 Å². The van der Waals surface area contributed by atoms with Crippen LogP contribution in [-0.4, -0.2) is 28.1 Å². The number of anilines is 1. The molecule has 1 aromatic heterocycles. The van der Waals surface area contributed by atoms with Gasteiger partial charge in [0.1, 0.15) is 0 Å². The highest BCUT2D eigenvalue weighted by molar-refractivity contribution is 5.21. The molecule has 6 heteroatoms. The number of hydrogen-bond donors (Lipinski definition) is 2. The van der Waals surface area contributed by atoms with Crippen molar-refractivity contribution in [3.63, 3.8) is 0 Å². The monoisotopic (exact) mass is 310 g/mol. The number of nitrogen functional groups attached to an aromatic ring is 1. The average Bonchev–Trinajstić information content (AvgIpc) is 2.50. The number of rotatable bonds is 11. The molecule has 3 N–H and O–H groups in total. The SMILES string of the molecule is CCCCCCCCCCN=c1cc(OCC)nc(N)n1O. The summed E-state index contributed by atoms with van der Waals surface area (Å²) in [5.74, 6) is 0.376. The molecule has 0 atom stereocenters. The minimum atomic E-state index is -0.0133. The summed E-state index contributed by atoms with van der Waals surface area (Å²) in [6, 6.07) is 1.60.